The van der Waals surface area contributed by atoms with Crippen LogP contribution < -0.4 is 9.21 Å². The van der Waals surface area contributed by atoms with E-state index in [0.29, 0.717) is 4.90 Å². The molecule has 0 aliphatic carbocycles. The number of alkyl halides is 2. The normalized spacial score (nSPS) is 22.0. The molecule has 3 rings (SSSR count). The number of hydrogen-bond donors (Lipinski definition) is 0. The highest BCUT2D eigenvalue weighted by Gasteiger charge is 2.51. The van der Waals surface area contributed by atoms with Gasteiger partial charge >= 0.3 is 6.03 Å². The summed E-state index contributed by atoms with van der Waals surface area (Å²) in [5.41, 5.74) is -0.937. The predicted octanol–water partition coefficient (Wildman–Crippen LogP) is 2.24. The SMILES string of the molecule is CC(=O)N(c1cc(N2C(=O)[C@@H]3C[C@H](F)CN3C2=O)cc(F)c1Cl)S(=O)(=O)CCl. The number of benzene rings is 1. The van der Waals surface area contributed by atoms with Crippen LogP contribution in [0.5, 0.6) is 0 Å². The lowest BCUT2D eigenvalue weighted by atomic mass is 10.2. The van der Waals surface area contributed by atoms with E-state index in [1.807, 2.05) is 0 Å². The van der Waals surface area contributed by atoms with E-state index in [9.17, 15) is 31.6 Å². The first-order chi connectivity index (χ1) is 13.0. The zero-order valence-electron chi connectivity index (χ0n) is 14.2. The van der Waals surface area contributed by atoms with Crippen LogP contribution in [0.1, 0.15) is 13.3 Å². The van der Waals surface area contributed by atoms with E-state index in [1.165, 1.54) is 0 Å². The fourth-order valence-electron chi connectivity index (χ4n) is 3.24. The number of carbonyl (C=O) groups excluding carboxylic acids is 3. The minimum absolute atomic E-state index is 0.190. The number of nitrogens with zero attached hydrogens (tertiary/aromatic N) is 3. The Morgan fingerprint density at radius 1 is 1.36 bits per heavy atom. The van der Waals surface area contributed by atoms with Crippen LogP contribution in [0, 0.1) is 5.82 Å². The second-order valence-electron chi connectivity index (χ2n) is 6.22. The summed E-state index contributed by atoms with van der Waals surface area (Å²) >= 11 is 11.2. The molecule has 2 aliphatic heterocycles. The molecule has 2 heterocycles. The van der Waals surface area contributed by atoms with Gasteiger partial charge in [-0.25, -0.2) is 31.2 Å². The standard InChI is InChI=1S/C15H13Cl2F2N3O5S/c1-7(23)22(28(26,27)6-16)11-4-9(3-10(19)13(11)17)21-14(24)12-2-8(18)5-20(12)15(21)25/h3-4,8,12H,2,5-6H2,1H3/t8-,12-/m0/s1. The minimum atomic E-state index is -4.39. The number of amides is 4. The average molecular weight is 456 g/mol. The van der Waals surface area contributed by atoms with Gasteiger partial charge in [0.2, 0.25) is 5.91 Å². The molecule has 0 bridgehead atoms. The molecule has 2 fully saturated rings. The van der Waals surface area contributed by atoms with Gasteiger partial charge in [0.05, 0.1) is 17.9 Å². The molecule has 0 radical (unpaired) electrons. The molecule has 1 aromatic rings. The Bertz CT molecular complexity index is 966. The van der Waals surface area contributed by atoms with E-state index in [0.717, 1.165) is 24.0 Å². The Balaban J connectivity index is 2.12. The van der Waals surface area contributed by atoms with E-state index in [2.05, 4.69) is 0 Å². The highest BCUT2D eigenvalue weighted by molar-refractivity contribution is 7.94. The molecule has 2 atom stereocenters. The highest BCUT2D eigenvalue weighted by Crippen LogP contribution is 2.39. The smallest absolute Gasteiger partial charge is 0.309 e. The van der Waals surface area contributed by atoms with Crippen LogP contribution in [0.15, 0.2) is 12.1 Å². The largest absolute Gasteiger partial charge is 0.332 e. The fraction of sp³-hybridized carbons (Fsp3) is 0.400. The van der Waals surface area contributed by atoms with Crippen molar-refractivity contribution in [2.45, 2.75) is 25.6 Å². The Kier molecular flexibility index (Phi) is 5.28. The van der Waals surface area contributed by atoms with Gasteiger partial charge in [0.25, 0.3) is 15.9 Å². The van der Waals surface area contributed by atoms with Crippen molar-refractivity contribution in [2.24, 2.45) is 0 Å². The molecule has 2 saturated heterocycles. The number of fused-ring (bicyclic) bond motifs is 1. The zero-order valence-corrected chi connectivity index (χ0v) is 16.6. The molecular weight excluding hydrogens is 443 g/mol. The van der Waals surface area contributed by atoms with E-state index < -0.39 is 61.8 Å². The first-order valence-corrected chi connectivity index (χ1v) is 10.4. The van der Waals surface area contributed by atoms with Crippen LogP contribution >= 0.6 is 23.2 Å². The molecule has 0 spiro atoms. The number of carbonyl (C=O) groups is 3. The summed E-state index contributed by atoms with van der Waals surface area (Å²) < 4.78 is 52.4. The van der Waals surface area contributed by atoms with E-state index in [1.54, 1.807) is 0 Å². The summed E-state index contributed by atoms with van der Waals surface area (Å²) in [6, 6.07) is -0.234. The summed E-state index contributed by atoms with van der Waals surface area (Å²) in [5.74, 6) is -2.98. The summed E-state index contributed by atoms with van der Waals surface area (Å²) in [4.78, 5) is 38.5. The molecule has 0 N–H and O–H groups in total. The van der Waals surface area contributed by atoms with E-state index in [4.69, 9.17) is 23.2 Å². The summed E-state index contributed by atoms with van der Waals surface area (Å²) in [6.07, 6.45) is -1.54. The average Bonchev–Trinajstić information content (AvgIpc) is 3.09. The lowest BCUT2D eigenvalue weighted by Gasteiger charge is -2.23. The topological polar surface area (TPSA) is 95.1 Å². The Morgan fingerprint density at radius 2 is 2.00 bits per heavy atom. The lowest BCUT2D eigenvalue weighted by molar-refractivity contribution is -0.119. The van der Waals surface area contributed by atoms with Crippen LogP contribution in [-0.2, 0) is 19.6 Å². The van der Waals surface area contributed by atoms with Crippen LogP contribution in [0.2, 0.25) is 5.02 Å². The van der Waals surface area contributed by atoms with Gasteiger partial charge in [0, 0.05) is 13.3 Å². The first-order valence-electron chi connectivity index (χ1n) is 7.86. The maximum Gasteiger partial charge on any atom is 0.332 e. The van der Waals surface area contributed by atoms with Crippen LogP contribution in [-0.4, -0.2) is 55.1 Å². The minimum Gasteiger partial charge on any atom is -0.309 e. The zero-order chi connectivity index (χ0) is 21.0. The molecule has 0 unspecified atom stereocenters. The second-order valence-corrected chi connectivity index (χ2v) is 9.00. The van der Waals surface area contributed by atoms with Gasteiger partial charge in [-0.15, -0.1) is 11.6 Å². The number of rotatable bonds is 4. The number of anilines is 2. The van der Waals surface area contributed by atoms with Gasteiger partial charge in [0.15, 0.2) is 0 Å². The monoisotopic (exact) mass is 455 g/mol. The van der Waals surface area contributed by atoms with Gasteiger partial charge in [-0.1, -0.05) is 11.6 Å². The number of hydrogen-bond acceptors (Lipinski definition) is 5. The Hall–Kier alpha value is -1.98. The van der Waals surface area contributed by atoms with Gasteiger partial charge < -0.3 is 4.90 Å². The predicted molar refractivity (Wildman–Crippen MR) is 97.1 cm³/mol. The van der Waals surface area contributed by atoms with Gasteiger partial charge in [-0.2, -0.15) is 0 Å². The van der Waals surface area contributed by atoms with Crippen molar-refractivity contribution < 1.29 is 31.6 Å². The number of halogens is 4. The summed E-state index contributed by atoms with van der Waals surface area (Å²) in [6.45, 7) is 0.615. The number of urea groups is 1. The fourth-order valence-corrected chi connectivity index (χ4v) is 4.71. The highest BCUT2D eigenvalue weighted by atomic mass is 35.5. The molecule has 13 heteroatoms. The molecule has 1 aromatic carbocycles. The molecule has 28 heavy (non-hydrogen) atoms. The molecule has 2 aliphatic rings. The van der Waals surface area contributed by atoms with Crippen molar-refractivity contribution in [2.75, 3.05) is 21.0 Å². The molecule has 0 saturated carbocycles. The van der Waals surface area contributed by atoms with E-state index in [-0.39, 0.29) is 23.0 Å². The van der Waals surface area contributed by atoms with E-state index >= 15 is 0 Å². The third kappa shape index (κ3) is 3.20. The maximum atomic E-state index is 14.4. The van der Waals surface area contributed by atoms with Crippen molar-refractivity contribution in [3.8, 4) is 0 Å². The Morgan fingerprint density at radius 3 is 2.54 bits per heavy atom. The number of sulfonamides is 1. The summed E-state index contributed by atoms with van der Waals surface area (Å²) in [7, 11) is -4.39. The quantitative estimate of drug-likeness (QED) is 0.512. The van der Waals surface area contributed by atoms with Crippen molar-refractivity contribution in [1.82, 2.24) is 4.90 Å². The van der Waals surface area contributed by atoms with Crippen molar-refractivity contribution in [1.29, 1.82) is 0 Å². The first kappa shape index (κ1) is 20.7. The summed E-state index contributed by atoms with van der Waals surface area (Å²) in [5, 5.41) is -1.71. The van der Waals surface area contributed by atoms with Gasteiger partial charge in [0.1, 0.15) is 28.3 Å². The maximum absolute atomic E-state index is 14.4. The molecule has 4 amide bonds. The molecule has 8 nitrogen and oxygen atoms in total. The van der Waals surface area contributed by atoms with Crippen molar-refractivity contribution >= 4 is 62.4 Å². The van der Waals surface area contributed by atoms with Crippen LogP contribution in [0.25, 0.3) is 0 Å². The molecule has 152 valence electrons. The third-order valence-corrected chi connectivity index (χ3v) is 6.85. The molecule has 0 aromatic heterocycles. The van der Waals surface area contributed by atoms with Crippen molar-refractivity contribution in [3.05, 3.63) is 23.0 Å². The van der Waals surface area contributed by atoms with Gasteiger partial charge in [-0.3, -0.25) is 9.59 Å². The van der Waals surface area contributed by atoms with Gasteiger partial charge in [-0.05, 0) is 12.1 Å². The van der Waals surface area contributed by atoms with Crippen molar-refractivity contribution in [3.63, 3.8) is 0 Å². The lowest BCUT2D eigenvalue weighted by Crippen LogP contribution is -2.37. The Labute approximate surface area is 168 Å². The molecular formula is C15H13Cl2F2N3O5S. The second kappa shape index (κ2) is 7.12. The third-order valence-electron chi connectivity index (χ3n) is 4.37. The van der Waals surface area contributed by atoms with Crippen LogP contribution in [0.3, 0.4) is 0 Å². The number of imide groups is 1. The van der Waals surface area contributed by atoms with Crippen LogP contribution in [0.4, 0.5) is 25.0 Å².